The minimum Gasteiger partial charge on any atom is -0.352 e. The van der Waals surface area contributed by atoms with Crippen molar-refractivity contribution < 1.29 is 18.0 Å². The Kier molecular flexibility index (Phi) is 11.1. The van der Waals surface area contributed by atoms with Crippen LogP contribution in [0.4, 0.5) is 5.69 Å². The first-order valence-electron chi connectivity index (χ1n) is 13.6. The molecule has 2 amide bonds. The maximum absolute atomic E-state index is 14.2. The summed E-state index contributed by atoms with van der Waals surface area (Å²) >= 11 is 25.5. The van der Waals surface area contributed by atoms with Gasteiger partial charge in [-0.2, -0.15) is 0 Å². The number of amides is 2. The van der Waals surface area contributed by atoms with E-state index in [1.165, 1.54) is 35.2 Å². The van der Waals surface area contributed by atoms with Gasteiger partial charge in [-0.3, -0.25) is 13.9 Å². The molecule has 1 aliphatic carbocycles. The van der Waals surface area contributed by atoms with Gasteiger partial charge in [0.15, 0.2) is 0 Å². The Labute approximate surface area is 266 Å². The molecule has 1 saturated carbocycles. The molecule has 0 saturated heterocycles. The molecule has 0 radical (unpaired) electrons. The number of halogens is 4. The van der Waals surface area contributed by atoms with Gasteiger partial charge in [-0.05, 0) is 61.7 Å². The van der Waals surface area contributed by atoms with E-state index in [1.54, 1.807) is 43.3 Å². The standard InChI is InChI=1S/C30H31Cl4N3O4S/c1-2-27(30(39)35-21-9-6-7-10-21)36(18-23-24(32)13-8-14-25(23)33)29(38)19-37(28-16-15-20(31)17-26(28)34)42(40,41)22-11-4-3-5-12-22/h3-5,8,11-17,21,27H,2,6-7,9-10,18-19H2,1H3,(H,35,39)/t27-/m1/s1. The second kappa shape index (κ2) is 14.3. The van der Waals surface area contributed by atoms with Gasteiger partial charge >= 0.3 is 0 Å². The van der Waals surface area contributed by atoms with E-state index in [2.05, 4.69) is 5.32 Å². The van der Waals surface area contributed by atoms with E-state index >= 15 is 0 Å². The SMILES string of the molecule is CC[C@H](C(=O)NC1CCCC1)N(Cc1c(Cl)cccc1Cl)C(=O)CN(c1ccc(Cl)cc1Cl)S(=O)(=O)c1ccccc1. The zero-order valence-electron chi connectivity index (χ0n) is 22.9. The fourth-order valence-electron chi connectivity index (χ4n) is 5.06. The lowest BCUT2D eigenvalue weighted by Gasteiger charge is -2.34. The summed E-state index contributed by atoms with van der Waals surface area (Å²) in [4.78, 5) is 29.1. The Balaban J connectivity index is 1.76. The van der Waals surface area contributed by atoms with Crippen molar-refractivity contribution in [2.45, 2.75) is 62.6 Å². The van der Waals surface area contributed by atoms with Crippen LogP contribution in [-0.4, -0.2) is 43.8 Å². The number of sulfonamides is 1. The highest BCUT2D eigenvalue weighted by atomic mass is 35.5. The predicted molar refractivity (Wildman–Crippen MR) is 169 cm³/mol. The summed E-state index contributed by atoms with van der Waals surface area (Å²) in [6, 6.07) is 16.1. The highest BCUT2D eigenvalue weighted by Crippen LogP contribution is 2.34. The van der Waals surface area contributed by atoms with Crippen LogP contribution in [0.15, 0.2) is 71.6 Å². The maximum atomic E-state index is 14.2. The third-order valence-corrected chi connectivity index (χ3v) is 10.3. The third-order valence-electron chi connectivity index (χ3n) is 7.27. The van der Waals surface area contributed by atoms with Crippen molar-refractivity contribution in [3.05, 3.63) is 92.4 Å². The van der Waals surface area contributed by atoms with Gasteiger partial charge in [-0.25, -0.2) is 8.42 Å². The first-order chi connectivity index (χ1) is 20.0. The summed E-state index contributed by atoms with van der Waals surface area (Å²) in [5, 5.41) is 4.06. The Bertz CT molecular complexity index is 1510. The molecule has 7 nitrogen and oxygen atoms in total. The average Bonchev–Trinajstić information content (AvgIpc) is 3.47. The van der Waals surface area contributed by atoms with Gasteiger partial charge in [-0.15, -0.1) is 0 Å². The van der Waals surface area contributed by atoms with Gasteiger partial charge in [0, 0.05) is 33.2 Å². The minimum absolute atomic E-state index is 0.0234. The van der Waals surface area contributed by atoms with Crippen LogP contribution in [-0.2, 0) is 26.2 Å². The van der Waals surface area contributed by atoms with E-state index in [-0.39, 0.29) is 40.5 Å². The number of rotatable bonds is 11. The molecule has 0 unspecified atom stereocenters. The van der Waals surface area contributed by atoms with Crippen LogP contribution < -0.4 is 9.62 Å². The van der Waals surface area contributed by atoms with E-state index in [9.17, 15) is 18.0 Å². The molecule has 3 aromatic carbocycles. The summed E-state index contributed by atoms with van der Waals surface area (Å²) in [5.41, 5.74) is 0.515. The van der Waals surface area contributed by atoms with Crippen LogP contribution in [0.1, 0.15) is 44.6 Å². The Morgan fingerprint density at radius 1 is 0.905 bits per heavy atom. The quantitative estimate of drug-likeness (QED) is 0.231. The summed E-state index contributed by atoms with van der Waals surface area (Å²) in [6.45, 7) is 1.04. The molecule has 0 spiro atoms. The van der Waals surface area contributed by atoms with Crippen molar-refractivity contribution in [1.82, 2.24) is 10.2 Å². The van der Waals surface area contributed by atoms with Crippen LogP contribution in [0.5, 0.6) is 0 Å². The first kappa shape index (κ1) is 32.4. The molecule has 0 bridgehead atoms. The van der Waals surface area contributed by atoms with Gasteiger partial charge in [0.25, 0.3) is 10.0 Å². The Hall–Kier alpha value is -2.49. The van der Waals surface area contributed by atoms with Crippen molar-refractivity contribution in [2.75, 3.05) is 10.8 Å². The number of benzene rings is 3. The Morgan fingerprint density at radius 2 is 1.55 bits per heavy atom. The number of hydrogen-bond donors (Lipinski definition) is 1. The molecular weight excluding hydrogens is 640 g/mol. The minimum atomic E-state index is -4.27. The summed E-state index contributed by atoms with van der Waals surface area (Å²) in [6.07, 6.45) is 4.05. The first-order valence-corrected chi connectivity index (χ1v) is 16.5. The van der Waals surface area contributed by atoms with Gasteiger partial charge in [-0.1, -0.05) is 90.4 Å². The average molecular weight is 671 g/mol. The lowest BCUT2D eigenvalue weighted by molar-refractivity contribution is -0.140. The zero-order chi connectivity index (χ0) is 30.4. The van der Waals surface area contributed by atoms with Crippen LogP contribution in [0, 0.1) is 0 Å². The van der Waals surface area contributed by atoms with Gasteiger partial charge in [0.1, 0.15) is 12.6 Å². The van der Waals surface area contributed by atoms with Crippen molar-refractivity contribution >= 4 is 73.9 Å². The fourth-order valence-corrected chi connectivity index (χ4v) is 7.59. The molecule has 1 atom stereocenters. The topological polar surface area (TPSA) is 86.8 Å². The summed E-state index contributed by atoms with van der Waals surface area (Å²) < 4.78 is 28.8. The largest absolute Gasteiger partial charge is 0.352 e. The van der Waals surface area contributed by atoms with Crippen LogP contribution in [0.25, 0.3) is 0 Å². The van der Waals surface area contributed by atoms with E-state index < -0.39 is 28.5 Å². The number of carbonyl (C=O) groups excluding carboxylic acids is 2. The lowest BCUT2D eigenvalue weighted by Crippen LogP contribution is -2.53. The number of anilines is 1. The highest BCUT2D eigenvalue weighted by molar-refractivity contribution is 7.92. The lowest BCUT2D eigenvalue weighted by atomic mass is 10.1. The van der Waals surface area contributed by atoms with Crippen molar-refractivity contribution in [3.8, 4) is 0 Å². The molecule has 0 aromatic heterocycles. The third kappa shape index (κ3) is 7.53. The van der Waals surface area contributed by atoms with Crippen LogP contribution in [0.3, 0.4) is 0 Å². The molecule has 224 valence electrons. The van der Waals surface area contributed by atoms with E-state index in [0.29, 0.717) is 20.6 Å². The molecule has 0 aliphatic heterocycles. The monoisotopic (exact) mass is 669 g/mol. The molecule has 12 heteroatoms. The molecule has 1 fully saturated rings. The van der Waals surface area contributed by atoms with Crippen molar-refractivity contribution in [3.63, 3.8) is 0 Å². The second-order valence-corrected chi connectivity index (χ2v) is 13.6. The predicted octanol–water partition coefficient (Wildman–Crippen LogP) is 7.36. The summed E-state index contributed by atoms with van der Waals surface area (Å²) in [5.74, 6) is -0.951. The number of nitrogens with zero attached hydrogens (tertiary/aromatic N) is 2. The summed E-state index contributed by atoms with van der Waals surface area (Å²) in [7, 11) is -4.27. The smallest absolute Gasteiger partial charge is 0.264 e. The van der Waals surface area contributed by atoms with Crippen molar-refractivity contribution in [1.29, 1.82) is 0 Å². The zero-order valence-corrected chi connectivity index (χ0v) is 26.7. The molecule has 42 heavy (non-hydrogen) atoms. The number of nitrogens with one attached hydrogen (secondary N) is 1. The number of carbonyl (C=O) groups is 2. The molecule has 1 N–H and O–H groups in total. The second-order valence-electron chi connectivity index (χ2n) is 10.1. The molecule has 4 rings (SSSR count). The van der Waals surface area contributed by atoms with Crippen LogP contribution in [0.2, 0.25) is 20.1 Å². The van der Waals surface area contributed by atoms with Gasteiger partial charge in [0.2, 0.25) is 11.8 Å². The Morgan fingerprint density at radius 3 is 2.14 bits per heavy atom. The molecular formula is C30H31Cl4N3O4S. The molecule has 0 heterocycles. The normalized spacial score (nSPS) is 14.4. The van der Waals surface area contributed by atoms with E-state index in [1.807, 2.05) is 0 Å². The maximum Gasteiger partial charge on any atom is 0.264 e. The van der Waals surface area contributed by atoms with E-state index in [0.717, 1.165) is 30.0 Å². The van der Waals surface area contributed by atoms with E-state index in [4.69, 9.17) is 46.4 Å². The highest BCUT2D eigenvalue weighted by Gasteiger charge is 2.35. The van der Waals surface area contributed by atoms with Crippen LogP contribution >= 0.6 is 46.4 Å². The molecule has 3 aromatic rings. The number of hydrogen-bond acceptors (Lipinski definition) is 4. The van der Waals surface area contributed by atoms with Gasteiger partial charge in [0.05, 0.1) is 15.6 Å². The fraction of sp³-hybridized carbons (Fsp3) is 0.333. The van der Waals surface area contributed by atoms with Gasteiger partial charge < -0.3 is 10.2 Å². The molecule has 1 aliphatic rings. The van der Waals surface area contributed by atoms with Crippen molar-refractivity contribution in [2.24, 2.45) is 0 Å².